The second-order valence-electron chi connectivity index (χ2n) is 5.07. The van der Waals surface area contributed by atoms with Crippen LogP contribution in [0.1, 0.15) is 37.3 Å². The molecule has 0 heterocycles. The monoisotopic (exact) mass is 271 g/mol. The minimum atomic E-state index is -0.102. The van der Waals surface area contributed by atoms with Crippen LogP contribution in [0.4, 0.5) is 0 Å². The van der Waals surface area contributed by atoms with E-state index >= 15 is 0 Å². The summed E-state index contributed by atoms with van der Waals surface area (Å²) in [7, 11) is 0. The molecule has 1 aliphatic rings. The van der Waals surface area contributed by atoms with Crippen LogP contribution >= 0.6 is 0 Å². The third-order valence-corrected chi connectivity index (χ3v) is 3.74. The molecule has 0 radical (unpaired) electrons. The van der Waals surface area contributed by atoms with E-state index in [0.29, 0.717) is 5.92 Å². The first-order chi connectivity index (χ1) is 9.76. The van der Waals surface area contributed by atoms with Gasteiger partial charge in [0.05, 0.1) is 0 Å². The average molecular weight is 271 g/mol. The van der Waals surface area contributed by atoms with Crippen LogP contribution in [0.5, 0.6) is 0 Å². The molecule has 0 spiro atoms. The number of benzene rings is 1. The first kappa shape index (κ1) is 14.3. The number of nitrogens with zero attached hydrogens (tertiary/aromatic N) is 1. The number of nitrogens with one attached hydrogen (secondary N) is 1. The van der Waals surface area contributed by atoms with Crippen LogP contribution in [0, 0.1) is 5.92 Å². The standard InChI is InChI=1S/C16H21N3O/c1-2-5-13-9-8-12-6-3-4-7-14(12)10-15(13)16(20)18-11-19-17/h3-4,6-7,10-11,13H,2,5,8-9,17H2,1H3,(H,18,19,20). The highest BCUT2D eigenvalue weighted by atomic mass is 16.1. The molecule has 1 aromatic carbocycles. The number of nitrogens with two attached hydrogens (primary N) is 1. The van der Waals surface area contributed by atoms with Gasteiger partial charge in [-0.05, 0) is 42.4 Å². The summed E-state index contributed by atoms with van der Waals surface area (Å²) in [5, 5.41) is 5.95. The summed E-state index contributed by atoms with van der Waals surface area (Å²) in [4.78, 5) is 12.3. The van der Waals surface area contributed by atoms with Crippen LogP contribution in [-0.4, -0.2) is 12.2 Å². The summed E-state index contributed by atoms with van der Waals surface area (Å²) < 4.78 is 0. The van der Waals surface area contributed by atoms with Crippen molar-refractivity contribution in [1.29, 1.82) is 0 Å². The van der Waals surface area contributed by atoms with Gasteiger partial charge in [0.15, 0.2) is 0 Å². The quantitative estimate of drug-likeness (QED) is 0.382. The molecule has 1 aromatic rings. The molecule has 0 aliphatic heterocycles. The van der Waals surface area contributed by atoms with E-state index in [4.69, 9.17) is 5.84 Å². The minimum absolute atomic E-state index is 0.102. The van der Waals surface area contributed by atoms with E-state index in [-0.39, 0.29) is 5.91 Å². The number of hydrogen-bond acceptors (Lipinski definition) is 3. The van der Waals surface area contributed by atoms with Crippen molar-refractivity contribution in [1.82, 2.24) is 5.32 Å². The highest BCUT2D eigenvalue weighted by Gasteiger charge is 2.23. The van der Waals surface area contributed by atoms with Crippen LogP contribution in [0.2, 0.25) is 0 Å². The van der Waals surface area contributed by atoms with Crippen molar-refractivity contribution in [2.45, 2.75) is 32.6 Å². The predicted octanol–water partition coefficient (Wildman–Crippen LogP) is 2.45. The summed E-state index contributed by atoms with van der Waals surface area (Å²) in [5.41, 5.74) is 3.28. The largest absolute Gasteiger partial charge is 0.322 e. The Hall–Kier alpha value is -2.10. The molecular weight excluding hydrogens is 250 g/mol. The van der Waals surface area contributed by atoms with Gasteiger partial charge in [-0.2, -0.15) is 5.10 Å². The lowest BCUT2D eigenvalue weighted by molar-refractivity contribution is -0.116. The van der Waals surface area contributed by atoms with Gasteiger partial charge < -0.3 is 11.2 Å². The third-order valence-electron chi connectivity index (χ3n) is 3.74. The van der Waals surface area contributed by atoms with Gasteiger partial charge in [-0.25, -0.2) is 0 Å². The summed E-state index contributed by atoms with van der Waals surface area (Å²) in [6, 6.07) is 8.25. The zero-order valence-electron chi connectivity index (χ0n) is 11.8. The van der Waals surface area contributed by atoms with Gasteiger partial charge in [0.2, 0.25) is 0 Å². The molecular formula is C16H21N3O. The van der Waals surface area contributed by atoms with Gasteiger partial charge in [-0.1, -0.05) is 37.6 Å². The molecule has 0 aromatic heterocycles. The van der Waals surface area contributed by atoms with Crippen molar-refractivity contribution < 1.29 is 4.79 Å². The van der Waals surface area contributed by atoms with E-state index < -0.39 is 0 Å². The summed E-state index contributed by atoms with van der Waals surface area (Å²) in [6.07, 6.45) is 7.36. The minimum Gasteiger partial charge on any atom is -0.322 e. The van der Waals surface area contributed by atoms with Gasteiger partial charge in [0.1, 0.15) is 6.34 Å². The molecule has 1 aliphatic carbocycles. The normalized spacial score (nSPS) is 18.2. The molecule has 1 amide bonds. The second kappa shape index (κ2) is 6.89. The molecule has 1 unspecified atom stereocenters. The highest BCUT2D eigenvalue weighted by Crippen LogP contribution is 2.30. The van der Waals surface area contributed by atoms with E-state index in [1.165, 1.54) is 11.9 Å². The Morgan fingerprint density at radius 2 is 2.30 bits per heavy atom. The number of aryl methyl sites for hydroxylation is 1. The molecule has 0 fully saturated rings. The number of carbonyl (C=O) groups excluding carboxylic acids is 1. The maximum atomic E-state index is 12.3. The van der Waals surface area contributed by atoms with E-state index in [1.807, 2.05) is 18.2 Å². The zero-order chi connectivity index (χ0) is 14.4. The molecule has 0 saturated carbocycles. The number of rotatable bonds is 4. The molecule has 4 heteroatoms. The topological polar surface area (TPSA) is 67.5 Å². The number of hydrazone groups is 1. The lowest BCUT2D eigenvalue weighted by Gasteiger charge is -2.16. The van der Waals surface area contributed by atoms with Gasteiger partial charge >= 0.3 is 0 Å². The van der Waals surface area contributed by atoms with Gasteiger partial charge in [0, 0.05) is 5.57 Å². The van der Waals surface area contributed by atoms with Crippen molar-refractivity contribution in [2.24, 2.45) is 16.9 Å². The van der Waals surface area contributed by atoms with E-state index in [0.717, 1.165) is 36.8 Å². The fourth-order valence-corrected chi connectivity index (χ4v) is 2.75. The Labute approximate surface area is 119 Å². The third kappa shape index (κ3) is 3.26. The Bertz CT molecular complexity index is 534. The summed E-state index contributed by atoms with van der Waals surface area (Å²) >= 11 is 0. The number of hydrogen-bond donors (Lipinski definition) is 2. The fraction of sp³-hybridized carbons (Fsp3) is 0.375. The first-order valence-corrected chi connectivity index (χ1v) is 7.08. The summed E-state index contributed by atoms with van der Waals surface area (Å²) in [6.45, 7) is 2.15. The second-order valence-corrected chi connectivity index (χ2v) is 5.07. The van der Waals surface area contributed by atoms with E-state index in [9.17, 15) is 4.79 Å². The first-order valence-electron chi connectivity index (χ1n) is 7.08. The number of fused-ring (bicyclic) bond motifs is 1. The van der Waals surface area contributed by atoms with Crippen molar-refractivity contribution >= 4 is 18.3 Å². The lowest BCUT2D eigenvalue weighted by atomic mass is 9.90. The lowest BCUT2D eigenvalue weighted by Crippen LogP contribution is -2.27. The molecule has 20 heavy (non-hydrogen) atoms. The maximum Gasteiger partial charge on any atom is 0.252 e. The van der Waals surface area contributed by atoms with Crippen LogP contribution in [0.3, 0.4) is 0 Å². The molecule has 4 nitrogen and oxygen atoms in total. The van der Waals surface area contributed by atoms with Crippen molar-refractivity contribution in [3.8, 4) is 0 Å². The smallest absolute Gasteiger partial charge is 0.252 e. The Morgan fingerprint density at radius 1 is 1.50 bits per heavy atom. The predicted molar refractivity (Wildman–Crippen MR) is 82.0 cm³/mol. The zero-order valence-corrected chi connectivity index (χ0v) is 11.8. The average Bonchev–Trinajstić information content (AvgIpc) is 2.65. The van der Waals surface area contributed by atoms with Crippen LogP contribution in [0.25, 0.3) is 6.08 Å². The van der Waals surface area contributed by atoms with E-state index in [1.54, 1.807) is 0 Å². The van der Waals surface area contributed by atoms with Gasteiger partial charge in [0.25, 0.3) is 5.91 Å². The number of amides is 1. The van der Waals surface area contributed by atoms with Crippen molar-refractivity contribution in [2.75, 3.05) is 0 Å². The molecule has 106 valence electrons. The molecule has 0 bridgehead atoms. The van der Waals surface area contributed by atoms with Crippen LogP contribution < -0.4 is 11.2 Å². The van der Waals surface area contributed by atoms with Crippen molar-refractivity contribution in [3.05, 3.63) is 41.0 Å². The number of carbonyl (C=O) groups is 1. The summed E-state index contributed by atoms with van der Waals surface area (Å²) in [5.74, 6) is 5.23. The van der Waals surface area contributed by atoms with Crippen LogP contribution in [-0.2, 0) is 11.2 Å². The SMILES string of the molecule is CCCC1CCc2ccccc2C=C1C(=O)NC=NN. The Morgan fingerprint density at radius 3 is 3.05 bits per heavy atom. The Kier molecular flexibility index (Phi) is 4.93. The molecule has 1 atom stereocenters. The molecule has 0 saturated heterocycles. The van der Waals surface area contributed by atoms with Crippen LogP contribution in [0.15, 0.2) is 34.9 Å². The molecule has 2 rings (SSSR count). The highest BCUT2D eigenvalue weighted by molar-refractivity contribution is 6.03. The molecule has 3 N–H and O–H groups in total. The maximum absolute atomic E-state index is 12.3. The fourth-order valence-electron chi connectivity index (χ4n) is 2.75. The Balaban J connectivity index is 2.34. The van der Waals surface area contributed by atoms with Gasteiger partial charge in [-0.15, -0.1) is 0 Å². The van der Waals surface area contributed by atoms with Crippen molar-refractivity contribution in [3.63, 3.8) is 0 Å². The van der Waals surface area contributed by atoms with E-state index in [2.05, 4.69) is 29.5 Å². The van der Waals surface area contributed by atoms with Gasteiger partial charge in [-0.3, -0.25) is 4.79 Å².